The molecule has 272 valence electrons. The predicted molar refractivity (Wildman–Crippen MR) is 179 cm³/mol. The van der Waals surface area contributed by atoms with E-state index in [-0.39, 0.29) is 64.8 Å². The van der Waals surface area contributed by atoms with Gasteiger partial charge in [0.15, 0.2) is 0 Å². The fourth-order valence-corrected chi connectivity index (χ4v) is 4.55. The Morgan fingerprint density at radius 3 is 1.50 bits per heavy atom. The highest BCUT2D eigenvalue weighted by Crippen LogP contribution is 2.10. The molecule has 0 aliphatic rings. The number of benzene rings is 2. The molecule has 15 nitrogen and oxygen atoms in total. The van der Waals surface area contributed by atoms with Crippen LogP contribution in [0.5, 0.6) is 0 Å². The van der Waals surface area contributed by atoms with Crippen LogP contribution in [-0.4, -0.2) is 77.1 Å². The lowest BCUT2D eigenvalue weighted by Crippen LogP contribution is -2.52. The van der Waals surface area contributed by atoms with Crippen molar-refractivity contribution in [3.63, 3.8) is 0 Å². The van der Waals surface area contributed by atoms with Crippen LogP contribution in [0.15, 0.2) is 60.7 Å². The number of rotatable bonds is 24. The van der Waals surface area contributed by atoms with Crippen molar-refractivity contribution in [2.24, 2.45) is 0 Å². The van der Waals surface area contributed by atoms with Crippen molar-refractivity contribution in [2.45, 2.75) is 89.5 Å². The molecule has 0 saturated heterocycles. The molecule has 0 spiro atoms. The fourth-order valence-electron chi connectivity index (χ4n) is 4.55. The molecule has 0 heterocycles. The van der Waals surface area contributed by atoms with Gasteiger partial charge in [-0.3, -0.25) is 24.0 Å². The Balaban J connectivity index is 2.04. The number of carbonyl (C=O) groups is 7. The van der Waals surface area contributed by atoms with Crippen LogP contribution < -0.4 is 21.3 Å². The number of carboxylic acid groups (broad SMARTS) is 2. The van der Waals surface area contributed by atoms with Crippen LogP contribution in [-0.2, 0) is 51.5 Å². The molecule has 50 heavy (non-hydrogen) atoms. The van der Waals surface area contributed by atoms with Crippen LogP contribution in [0.1, 0.15) is 75.3 Å². The summed E-state index contributed by atoms with van der Waals surface area (Å²) < 4.78 is 10.8. The van der Waals surface area contributed by atoms with Crippen molar-refractivity contribution in [1.29, 1.82) is 0 Å². The Hall–Kier alpha value is -5.47. The normalized spacial score (nSPS) is 11.7. The number of ether oxygens (including phenoxy) is 2. The van der Waals surface area contributed by atoms with Crippen LogP contribution >= 0.6 is 0 Å². The highest BCUT2D eigenvalue weighted by Gasteiger charge is 2.28. The van der Waals surface area contributed by atoms with Crippen molar-refractivity contribution in [3.8, 4) is 0 Å². The molecule has 4 amide bonds. The Morgan fingerprint density at radius 1 is 0.560 bits per heavy atom. The van der Waals surface area contributed by atoms with Crippen molar-refractivity contribution < 1.29 is 53.2 Å². The quantitative estimate of drug-likeness (QED) is 0.0690. The highest BCUT2D eigenvalue weighted by atomic mass is 16.5. The number of aliphatic carboxylic acids is 2. The van der Waals surface area contributed by atoms with Crippen molar-refractivity contribution in [3.05, 3.63) is 71.8 Å². The molecule has 2 aromatic carbocycles. The molecule has 0 bridgehead atoms. The molecule has 0 unspecified atom stereocenters. The minimum absolute atomic E-state index is 0.0304. The summed E-state index contributed by atoms with van der Waals surface area (Å²) in [6.45, 7) is 0.400. The van der Waals surface area contributed by atoms with Crippen molar-refractivity contribution >= 4 is 41.7 Å². The number of nitrogens with one attached hydrogen (secondary N) is 4. The molecule has 2 rings (SSSR count). The van der Waals surface area contributed by atoms with Gasteiger partial charge in [0.05, 0.1) is 12.8 Å². The SMILES string of the molecule is O=C(O)CCC(=O)NCCCC[C@H](NC(=O)OCc1ccccc1)C(=O)N[C@@H](CCCCNC(=O)CCC(=O)O)C(=O)OCc1ccccc1. The van der Waals surface area contributed by atoms with Crippen LogP contribution in [0.25, 0.3) is 0 Å². The maximum atomic E-state index is 13.5. The van der Waals surface area contributed by atoms with Gasteiger partial charge in [-0.05, 0) is 49.7 Å². The second kappa shape index (κ2) is 23.8. The number of unbranched alkanes of at least 4 members (excludes halogenated alkanes) is 2. The van der Waals surface area contributed by atoms with Gasteiger partial charge in [0, 0.05) is 25.9 Å². The van der Waals surface area contributed by atoms with E-state index in [9.17, 15) is 33.6 Å². The van der Waals surface area contributed by atoms with E-state index >= 15 is 0 Å². The molecule has 0 fully saturated rings. The van der Waals surface area contributed by atoms with E-state index in [0.717, 1.165) is 11.1 Å². The Kier molecular flexibility index (Phi) is 19.4. The minimum atomic E-state index is -1.11. The molecule has 6 N–H and O–H groups in total. The van der Waals surface area contributed by atoms with E-state index in [1.165, 1.54) is 0 Å². The zero-order valence-electron chi connectivity index (χ0n) is 27.9. The van der Waals surface area contributed by atoms with Gasteiger partial charge in [0.25, 0.3) is 0 Å². The number of hydrogen-bond donors (Lipinski definition) is 6. The molecule has 15 heteroatoms. The molecule has 0 radical (unpaired) electrons. The number of esters is 1. The summed E-state index contributed by atoms with van der Waals surface area (Å²) in [5, 5.41) is 28.0. The maximum absolute atomic E-state index is 13.5. The van der Waals surface area contributed by atoms with Crippen LogP contribution in [0.4, 0.5) is 4.79 Å². The minimum Gasteiger partial charge on any atom is -0.481 e. The lowest BCUT2D eigenvalue weighted by molar-refractivity contribution is -0.149. The molecule has 0 aliphatic heterocycles. The summed E-state index contributed by atoms with van der Waals surface area (Å²) in [5.74, 6) is -4.34. The first-order valence-corrected chi connectivity index (χ1v) is 16.5. The number of amides is 4. The maximum Gasteiger partial charge on any atom is 0.408 e. The molecular formula is C35H46N4O11. The molecule has 0 aliphatic carbocycles. The third kappa shape index (κ3) is 18.8. The third-order valence-corrected chi connectivity index (χ3v) is 7.26. The summed E-state index contributed by atoms with van der Waals surface area (Å²) >= 11 is 0. The smallest absolute Gasteiger partial charge is 0.408 e. The number of carboxylic acids is 2. The van der Waals surface area contributed by atoms with E-state index in [1.807, 2.05) is 12.1 Å². The van der Waals surface area contributed by atoms with Gasteiger partial charge in [-0.15, -0.1) is 0 Å². The first-order chi connectivity index (χ1) is 24.0. The van der Waals surface area contributed by atoms with E-state index in [1.54, 1.807) is 48.5 Å². The molecule has 2 aromatic rings. The first kappa shape index (κ1) is 40.7. The largest absolute Gasteiger partial charge is 0.481 e. The molecule has 0 saturated carbocycles. The van der Waals surface area contributed by atoms with Gasteiger partial charge in [0.1, 0.15) is 25.3 Å². The van der Waals surface area contributed by atoms with E-state index in [4.69, 9.17) is 19.7 Å². The van der Waals surface area contributed by atoms with Crippen LogP contribution in [0, 0.1) is 0 Å². The first-order valence-electron chi connectivity index (χ1n) is 16.5. The second-order valence-corrected chi connectivity index (χ2v) is 11.4. The lowest BCUT2D eigenvalue weighted by atomic mass is 10.1. The van der Waals surface area contributed by atoms with E-state index < -0.39 is 53.8 Å². The second-order valence-electron chi connectivity index (χ2n) is 11.4. The van der Waals surface area contributed by atoms with Gasteiger partial charge in [-0.2, -0.15) is 0 Å². The fraction of sp³-hybridized carbons (Fsp3) is 0.457. The van der Waals surface area contributed by atoms with Gasteiger partial charge >= 0.3 is 24.0 Å². The highest BCUT2D eigenvalue weighted by molar-refractivity contribution is 5.89. The van der Waals surface area contributed by atoms with Crippen molar-refractivity contribution in [2.75, 3.05) is 13.1 Å². The number of alkyl carbamates (subject to hydrolysis) is 1. The van der Waals surface area contributed by atoms with Gasteiger partial charge in [-0.1, -0.05) is 60.7 Å². The lowest BCUT2D eigenvalue weighted by Gasteiger charge is -2.23. The topological polar surface area (TPSA) is 227 Å². The average molecular weight is 699 g/mol. The summed E-state index contributed by atoms with van der Waals surface area (Å²) in [5.41, 5.74) is 1.48. The monoisotopic (exact) mass is 698 g/mol. The predicted octanol–water partition coefficient (Wildman–Crippen LogP) is 2.81. The van der Waals surface area contributed by atoms with Crippen molar-refractivity contribution in [1.82, 2.24) is 21.3 Å². The summed E-state index contributed by atoms with van der Waals surface area (Å²) in [6, 6.07) is 15.7. The average Bonchev–Trinajstić information content (AvgIpc) is 3.10. The summed E-state index contributed by atoms with van der Waals surface area (Å²) in [7, 11) is 0. The zero-order valence-corrected chi connectivity index (χ0v) is 27.9. The summed E-state index contributed by atoms with van der Waals surface area (Å²) in [6.07, 6.45) is 0.161. The Bertz CT molecular complexity index is 1390. The molecule has 0 aromatic heterocycles. The van der Waals surface area contributed by atoms with Gasteiger partial charge < -0.3 is 41.0 Å². The number of hydrogen-bond acceptors (Lipinski definition) is 9. The van der Waals surface area contributed by atoms with Crippen LogP contribution in [0.3, 0.4) is 0 Å². The van der Waals surface area contributed by atoms with E-state index in [2.05, 4.69) is 21.3 Å². The molecular weight excluding hydrogens is 652 g/mol. The Labute approximate surface area is 290 Å². The zero-order chi connectivity index (χ0) is 36.6. The molecule has 2 atom stereocenters. The Morgan fingerprint density at radius 2 is 1.02 bits per heavy atom. The van der Waals surface area contributed by atoms with Crippen LogP contribution in [0.2, 0.25) is 0 Å². The van der Waals surface area contributed by atoms with Gasteiger partial charge in [0.2, 0.25) is 17.7 Å². The standard InChI is InChI=1S/C35H46N4O11/c40-29(17-19-31(42)43)36-21-9-7-15-27(39-35(48)50-24-26-13-5-2-6-14-26)33(46)38-28(34(47)49-23-25-11-3-1-4-12-25)16-8-10-22-37-30(41)18-20-32(44)45/h1-6,11-14,27-28H,7-10,15-24H2,(H,36,40)(H,37,41)(H,38,46)(H,39,48)(H,42,43)(H,44,45)/t27-,28-/m0/s1. The van der Waals surface area contributed by atoms with Gasteiger partial charge in [-0.25, -0.2) is 9.59 Å². The summed E-state index contributed by atoms with van der Waals surface area (Å²) in [4.78, 5) is 84.5. The number of carbonyl (C=O) groups excluding carboxylic acids is 5. The van der Waals surface area contributed by atoms with E-state index in [0.29, 0.717) is 25.7 Å². The third-order valence-electron chi connectivity index (χ3n) is 7.26.